The standard InChI is InChI=1S/C35H34N4O6/c1-23(40)25-5-10-29(11-6-25)45-33-15-4-24(21-37-33)20-32(41)27-9-14-31(36-22-27)35(43)39-18-16-30(17-19-39)44-28-12-7-26(8-13-28)34(42)38(2)3/h4-15,21-22,30H,16-20H2,1-3H3. The van der Waals surface area contributed by atoms with Crippen LogP contribution in [-0.2, 0) is 6.42 Å². The number of hydrogen-bond acceptors (Lipinski definition) is 8. The van der Waals surface area contributed by atoms with Gasteiger partial charge in [-0.05, 0) is 73.2 Å². The second-order valence-electron chi connectivity index (χ2n) is 11.1. The maximum Gasteiger partial charge on any atom is 0.272 e. The Bertz CT molecular complexity index is 1660. The van der Waals surface area contributed by atoms with E-state index < -0.39 is 0 Å². The Morgan fingerprint density at radius 1 is 0.778 bits per heavy atom. The van der Waals surface area contributed by atoms with Crippen LogP contribution in [0.25, 0.3) is 0 Å². The molecule has 1 aliphatic rings. The van der Waals surface area contributed by atoms with E-state index in [1.807, 2.05) is 0 Å². The van der Waals surface area contributed by atoms with Crippen LogP contribution in [0.4, 0.5) is 0 Å². The number of nitrogens with zero attached hydrogens (tertiary/aromatic N) is 4. The Labute approximate surface area is 261 Å². The highest BCUT2D eigenvalue weighted by atomic mass is 16.5. The van der Waals surface area contributed by atoms with Gasteiger partial charge in [-0.3, -0.25) is 24.2 Å². The van der Waals surface area contributed by atoms with Crippen LogP contribution in [0.2, 0.25) is 0 Å². The number of carbonyl (C=O) groups excluding carboxylic acids is 4. The molecule has 4 aromatic rings. The van der Waals surface area contributed by atoms with Crippen molar-refractivity contribution in [3.05, 3.63) is 113 Å². The van der Waals surface area contributed by atoms with Gasteiger partial charge in [-0.15, -0.1) is 0 Å². The Morgan fingerprint density at radius 2 is 1.42 bits per heavy atom. The lowest BCUT2D eigenvalue weighted by atomic mass is 10.0. The zero-order valence-electron chi connectivity index (χ0n) is 25.4. The third-order valence-corrected chi connectivity index (χ3v) is 7.49. The topological polar surface area (TPSA) is 119 Å². The monoisotopic (exact) mass is 606 g/mol. The van der Waals surface area contributed by atoms with Gasteiger partial charge in [-0.2, -0.15) is 0 Å². The molecule has 1 fully saturated rings. The van der Waals surface area contributed by atoms with E-state index in [-0.39, 0.29) is 41.6 Å². The van der Waals surface area contributed by atoms with Crippen molar-refractivity contribution in [3.8, 4) is 17.4 Å². The predicted molar refractivity (Wildman–Crippen MR) is 167 cm³/mol. The van der Waals surface area contributed by atoms with E-state index in [0.717, 1.165) is 0 Å². The fourth-order valence-corrected chi connectivity index (χ4v) is 4.89. The first kappa shape index (κ1) is 31.1. The van der Waals surface area contributed by atoms with Crippen LogP contribution < -0.4 is 9.47 Å². The highest BCUT2D eigenvalue weighted by Crippen LogP contribution is 2.22. The van der Waals surface area contributed by atoms with Crippen LogP contribution in [-0.4, -0.2) is 76.4 Å². The molecule has 0 N–H and O–H groups in total. The summed E-state index contributed by atoms with van der Waals surface area (Å²) in [7, 11) is 3.42. The minimum Gasteiger partial charge on any atom is -0.490 e. The molecule has 0 atom stereocenters. The lowest BCUT2D eigenvalue weighted by Crippen LogP contribution is -2.42. The first-order valence-corrected chi connectivity index (χ1v) is 14.7. The van der Waals surface area contributed by atoms with Crippen LogP contribution in [0, 0.1) is 0 Å². The Balaban J connectivity index is 1.09. The summed E-state index contributed by atoms with van der Waals surface area (Å²) >= 11 is 0. The van der Waals surface area contributed by atoms with E-state index in [1.54, 1.807) is 98.0 Å². The molecule has 0 radical (unpaired) electrons. The van der Waals surface area contributed by atoms with Gasteiger partial charge in [0, 0.05) is 81.6 Å². The van der Waals surface area contributed by atoms with E-state index in [2.05, 4.69) is 9.97 Å². The highest BCUT2D eigenvalue weighted by molar-refractivity contribution is 5.98. The summed E-state index contributed by atoms with van der Waals surface area (Å²) in [5.41, 5.74) is 2.60. The zero-order chi connectivity index (χ0) is 31.9. The summed E-state index contributed by atoms with van der Waals surface area (Å²) in [4.78, 5) is 61.3. The maximum absolute atomic E-state index is 13.1. The molecule has 0 bridgehead atoms. The Hall–Kier alpha value is -5.38. The van der Waals surface area contributed by atoms with Crippen molar-refractivity contribution in [1.29, 1.82) is 0 Å². The maximum atomic E-state index is 13.1. The second kappa shape index (κ2) is 13.9. The quantitative estimate of drug-likeness (QED) is 0.224. The molecule has 3 heterocycles. The number of rotatable bonds is 10. The number of ketones is 2. The molecular formula is C35H34N4O6. The molecule has 1 saturated heterocycles. The number of benzene rings is 2. The predicted octanol–water partition coefficient (Wildman–Crippen LogP) is 5.28. The molecule has 2 aromatic carbocycles. The van der Waals surface area contributed by atoms with Gasteiger partial charge in [-0.1, -0.05) is 6.07 Å². The number of ether oxygens (including phenoxy) is 2. The zero-order valence-corrected chi connectivity index (χ0v) is 25.4. The third-order valence-electron chi connectivity index (χ3n) is 7.49. The van der Waals surface area contributed by atoms with Gasteiger partial charge in [0.05, 0.1) is 0 Å². The molecule has 0 unspecified atom stereocenters. The van der Waals surface area contributed by atoms with E-state index in [4.69, 9.17) is 9.47 Å². The molecule has 230 valence electrons. The molecule has 1 aliphatic heterocycles. The summed E-state index contributed by atoms with van der Waals surface area (Å²) in [6, 6.07) is 20.5. The van der Waals surface area contributed by atoms with E-state index in [9.17, 15) is 19.2 Å². The summed E-state index contributed by atoms with van der Waals surface area (Å²) in [6.45, 7) is 2.56. The molecule has 2 aromatic heterocycles. The Morgan fingerprint density at radius 3 is 2.00 bits per heavy atom. The van der Waals surface area contributed by atoms with Gasteiger partial charge in [0.15, 0.2) is 11.6 Å². The van der Waals surface area contributed by atoms with Crippen molar-refractivity contribution < 1.29 is 28.7 Å². The van der Waals surface area contributed by atoms with E-state index >= 15 is 0 Å². The summed E-state index contributed by atoms with van der Waals surface area (Å²) < 4.78 is 11.8. The molecule has 10 nitrogen and oxygen atoms in total. The third kappa shape index (κ3) is 7.97. The lowest BCUT2D eigenvalue weighted by molar-refractivity contribution is 0.0589. The summed E-state index contributed by atoms with van der Waals surface area (Å²) in [6.07, 6.45) is 4.45. The van der Waals surface area contributed by atoms with Crippen LogP contribution in [0.1, 0.15) is 66.9 Å². The van der Waals surface area contributed by atoms with E-state index in [0.29, 0.717) is 65.6 Å². The summed E-state index contributed by atoms with van der Waals surface area (Å²) in [5, 5.41) is 0. The van der Waals surface area contributed by atoms with Gasteiger partial charge in [-0.25, -0.2) is 4.98 Å². The van der Waals surface area contributed by atoms with Gasteiger partial charge in [0.1, 0.15) is 23.3 Å². The fraction of sp³-hybridized carbons (Fsp3) is 0.257. The summed E-state index contributed by atoms with van der Waals surface area (Å²) in [5.74, 6) is 1.19. The molecule has 0 spiro atoms. The number of amides is 2. The van der Waals surface area contributed by atoms with Gasteiger partial charge < -0.3 is 19.3 Å². The average molecular weight is 607 g/mol. The van der Waals surface area contributed by atoms with Crippen molar-refractivity contribution in [2.45, 2.75) is 32.3 Å². The number of hydrogen-bond donors (Lipinski definition) is 0. The highest BCUT2D eigenvalue weighted by Gasteiger charge is 2.26. The van der Waals surface area contributed by atoms with Crippen molar-refractivity contribution in [1.82, 2.24) is 19.8 Å². The molecular weight excluding hydrogens is 572 g/mol. The molecule has 45 heavy (non-hydrogen) atoms. The number of likely N-dealkylation sites (tertiary alicyclic amines) is 1. The SMILES string of the molecule is CC(=O)c1ccc(Oc2ccc(CC(=O)c3ccc(C(=O)N4CCC(Oc5ccc(C(=O)N(C)C)cc5)CC4)nc3)cn2)cc1. The molecule has 5 rings (SSSR count). The number of carbonyl (C=O) groups is 4. The number of Topliss-reactive ketones (excluding diaryl/α,β-unsaturated/α-hetero) is 2. The van der Waals surface area contributed by atoms with Crippen molar-refractivity contribution >= 4 is 23.4 Å². The van der Waals surface area contributed by atoms with Crippen molar-refractivity contribution in [2.75, 3.05) is 27.2 Å². The first-order chi connectivity index (χ1) is 21.7. The van der Waals surface area contributed by atoms with E-state index in [1.165, 1.54) is 18.0 Å². The lowest BCUT2D eigenvalue weighted by Gasteiger charge is -2.32. The average Bonchev–Trinajstić information content (AvgIpc) is 3.06. The van der Waals surface area contributed by atoms with Crippen LogP contribution in [0.15, 0.2) is 85.2 Å². The molecule has 2 amide bonds. The minimum atomic E-state index is -0.185. The van der Waals surface area contributed by atoms with Gasteiger partial charge in [0.25, 0.3) is 11.8 Å². The second-order valence-corrected chi connectivity index (χ2v) is 11.1. The van der Waals surface area contributed by atoms with Crippen molar-refractivity contribution in [2.24, 2.45) is 0 Å². The van der Waals surface area contributed by atoms with Crippen LogP contribution >= 0.6 is 0 Å². The van der Waals surface area contributed by atoms with Crippen LogP contribution in [0.3, 0.4) is 0 Å². The van der Waals surface area contributed by atoms with Crippen molar-refractivity contribution in [3.63, 3.8) is 0 Å². The van der Waals surface area contributed by atoms with Gasteiger partial charge >= 0.3 is 0 Å². The largest absolute Gasteiger partial charge is 0.490 e. The normalized spacial score (nSPS) is 13.2. The smallest absolute Gasteiger partial charge is 0.272 e. The number of aromatic nitrogens is 2. The molecule has 10 heteroatoms. The van der Waals surface area contributed by atoms with Crippen LogP contribution in [0.5, 0.6) is 17.4 Å². The first-order valence-electron chi connectivity index (χ1n) is 14.7. The Kier molecular flexibility index (Phi) is 9.62. The minimum absolute atomic E-state index is 0.0209. The molecule has 0 saturated carbocycles. The van der Waals surface area contributed by atoms with Gasteiger partial charge in [0.2, 0.25) is 5.88 Å². The molecule has 0 aliphatic carbocycles. The number of pyridine rings is 2. The fourth-order valence-electron chi connectivity index (χ4n) is 4.89. The number of piperidine rings is 1.